The van der Waals surface area contributed by atoms with E-state index in [1.54, 1.807) is 0 Å². The molecule has 0 saturated carbocycles. The van der Waals surface area contributed by atoms with Crippen molar-refractivity contribution < 1.29 is 5.11 Å². The number of rotatable bonds is 9. The molecule has 0 bridgehead atoms. The highest BCUT2D eigenvalue weighted by Gasteiger charge is 2.33. The summed E-state index contributed by atoms with van der Waals surface area (Å²) < 4.78 is 0.00456. The Morgan fingerprint density at radius 2 is 1.88 bits per heavy atom. The van der Waals surface area contributed by atoms with Gasteiger partial charge < -0.3 is 5.11 Å². The van der Waals surface area contributed by atoms with Crippen LogP contribution in [0.15, 0.2) is 12.2 Å². The third-order valence-corrected chi connectivity index (χ3v) is 6.24. The van der Waals surface area contributed by atoms with Crippen LogP contribution in [0.5, 0.6) is 0 Å². The van der Waals surface area contributed by atoms with Crippen LogP contribution >= 0.6 is 23.5 Å². The van der Waals surface area contributed by atoms with E-state index >= 15 is 0 Å². The Hall–Kier alpha value is 0.400. The van der Waals surface area contributed by atoms with Gasteiger partial charge in [-0.25, -0.2) is 0 Å². The maximum Gasteiger partial charge on any atom is 0.0836 e. The van der Waals surface area contributed by atoms with Crippen molar-refractivity contribution in [1.29, 1.82) is 0 Å². The summed E-state index contributed by atoms with van der Waals surface area (Å²) >= 11 is 3.65. The topological polar surface area (TPSA) is 20.2 Å². The molecule has 16 heavy (non-hydrogen) atoms. The Labute approximate surface area is 109 Å². The van der Waals surface area contributed by atoms with Crippen LogP contribution in [0.1, 0.15) is 46.0 Å². The quantitative estimate of drug-likeness (QED) is 0.494. The molecule has 0 amide bonds. The van der Waals surface area contributed by atoms with Gasteiger partial charge in [-0.3, -0.25) is 0 Å². The van der Waals surface area contributed by atoms with Crippen LogP contribution in [0.3, 0.4) is 0 Å². The van der Waals surface area contributed by atoms with Crippen molar-refractivity contribution in [2.75, 3.05) is 12.5 Å². The molecule has 0 fully saturated rings. The van der Waals surface area contributed by atoms with Crippen LogP contribution in [0, 0.1) is 0 Å². The van der Waals surface area contributed by atoms with Gasteiger partial charge in [-0.1, -0.05) is 32.4 Å². The number of aliphatic hydroxyl groups is 1. The molecule has 1 nitrogen and oxygen atoms in total. The summed E-state index contributed by atoms with van der Waals surface area (Å²) in [6.07, 6.45) is 9.15. The molecule has 0 spiro atoms. The predicted octanol–water partition coefficient (Wildman–Crippen LogP) is 4.32. The summed E-state index contributed by atoms with van der Waals surface area (Å²) in [4.78, 5) is 0. The van der Waals surface area contributed by atoms with Gasteiger partial charge in [0, 0.05) is 6.42 Å². The number of hydrogen-bond donors (Lipinski definition) is 1. The normalized spacial score (nSPS) is 13.8. The molecular weight excluding hydrogens is 236 g/mol. The van der Waals surface area contributed by atoms with Gasteiger partial charge in [0.2, 0.25) is 0 Å². The van der Waals surface area contributed by atoms with Gasteiger partial charge in [-0.15, -0.1) is 23.5 Å². The fraction of sp³-hybridized carbons (Fsp3) is 0.846. The summed E-state index contributed by atoms with van der Waals surface area (Å²) in [5.41, 5.74) is 1.28. The first kappa shape index (κ1) is 16.4. The van der Waals surface area contributed by atoms with E-state index in [-0.39, 0.29) is 10.2 Å². The van der Waals surface area contributed by atoms with Gasteiger partial charge in [0.05, 0.1) is 10.2 Å². The molecule has 1 N–H and O–H groups in total. The molecule has 3 heteroatoms. The first-order valence-corrected chi connectivity index (χ1v) is 8.47. The molecule has 1 atom stereocenters. The van der Waals surface area contributed by atoms with Crippen molar-refractivity contribution in [3.63, 3.8) is 0 Å². The van der Waals surface area contributed by atoms with Crippen LogP contribution in [0.4, 0.5) is 0 Å². The largest absolute Gasteiger partial charge is 0.393 e. The van der Waals surface area contributed by atoms with Gasteiger partial charge in [0.15, 0.2) is 0 Å². The highest BCUT2D eigenvalue weighted by Crippen LogP contribution is 2.45. The minimum absolute atomic E-state index is 0.00456. The lowest BCUT2D eigenvalue weighted by molar-refractivity contribution is 0.159. The van der Waals surface area contributed by atoms with E-state index in [0.29, 0.717) is 0 Å². The van der Waals surface area contributed by atoms with Crippen molar-refractivity contribution in [2.45, 2.75) is 56.1 Å². The smallest absolute Gasteiger partial charge is 0.0836 e. The van der Waals surface area contributed by atoms with Gasteiger partial charge >= 0.3 is 0 Å². The van der Waals surface area contributed by atoms with Gasteiger partial charge in [-0.2, -0.15) is 0 Å². The SMILES string of the molecule is C=C(CCCC)C(CC(O)CC)(SC)SC. The van der Waals surface area contributed by atoms with Gasteiger partial charge in [0.1, 0.15) is 0 Å². The molecule has 0 rings (SSSR count). The van der Waals surface area contributed by atoms with Gasteiger partial charge in [0.25, 0.3) is 0 Å². The zero-order chi connectivity index (χ0) is 12.6. The molecule has 0 aromatic carbocycles. The van der Waals surface area contributed by atoms with E-state index in [1.165, 1.54) is 18.4 Å². The van der Waals surface area contributed by atoms with Gasteiger partial charge in [-0.05, 0) is 31.8 Å². The monoisotopic (exact) mass is 262 g/mol. The standard InChI is InChI=1S/C13H26OS2/c1-6-8-9-11(3)13(15-4,16-5)10-12(14)7-2/h12,14H,3,6-10H2,1-2,4-5H3. The summed E-state index contributed by atoms with van der Waals surface area (Å²) in [7, 11) is 0. The fourth-order valence-electron chi connectivity index (χ4n) is 1.72. The van der Waals surface area contributed by atoms with E-state index < -0.39 is 0 Å². The number of hydrogen-bond acceptors (Lipinski definition) is 3. The molecule has 0 aromatic rings. The van der Waals surface area contributed by atoms with Crippen LogP contribution in [-0.2, 0) is 0 Å². The maximum atomic E-state index is 9.86. The van der Waals surface area contributed by atoms with Crippen LogP contribution in [-0.4, -0.2) is 27.8 Å². The van der Waals surface area contributed by atoms with E-state index in [9.17, 15) is 5.11 Å². The predicted molar refractivity (Wildman–Crippen MR) is 79.3 cm³/mol. The first-order chi connectivity index (χ1) is 7.56. The second-order valence-corrected chi connectivity index (χ2v) is 6.60. The summed E-state index contributed by atoms with van der Waals surface area (Å²) in [6, 6.07) is 0. The van der Waals surface area contributed by atoms with Crippen molar-refractivity contribution in [2.24, 2.45) is 0 Å². The number of thioether (sulfide) groups is 2. The average molecular weight is 262 g/mol. The summed E-state index contributed by atoms with van der Waals surface area (Å²) in [6.45, 7) is 8.48. The fourth-order valence-corrected chi connectivity index (χ4v) is 3.88. The van der Waals surface area contributed by atoms with Crippen molar-refractivity contribution >= 4 is 23.5 Å². The molecule has 96 valence electrons. The molecule has 0 aliphatic heterocycles. The lowest BCUT2D eigenvalue weighted by Gasteiger charge is -2.34. The number of aliphatic hydroxyl groups excluding tert-OH is 1. The summed E-state index contributed by atoms with van der Waals surface area (Å²) in [5, 5.41) is 9.86. The van der Waals surface area contributed by atoms with Crippen LogP contribution < -0.4 is 0 Å². The Bertz CT molecular complexity index is 200. The first-order valence-electron chi connectivity index (χ1n) is 6.02. The third-order valence-electron chi connectivity index (χ3n) is 3.01. The lowest BCUT2D eigenvalue weighted by atomic mass is 10.0. The zero-order valence-corrected chi connectivity index (χ0v) is 12.7. The molecule has 0 heterocycles. The third kappa shape index (κ3) is 4.72. The highest BCUT2D eigenvalue weighted by atomic mass is 32.2. The Morgan fingerprint density at radius 1 is 1.31 bits per heavy atom. The molecule has 0 radical (unpaired) electrons. The average Bonchev–Trinajstić information content (AvgIpc) is 2.32. The Kier molecular flexibility index (Phi) is 8.70. The van der Waals surface area contributed by atoms with Crippen molar-refractivity contribution in [1.82, 2.24) is 0 Å². The molecule has 0 aromatic heterocycles. The van der Waals surface area contributed by atoms with Crippen molar-refractivity contribution in [3.8, 4) is 0 Å². The summed E-state index contributed by atoms with van der Waals surface area (Å²) in [5.74, 6) is 0. The Balaban J connectivity index is 4.58. The zero-order valence-electron chi connectivity index (χ0n) is 11.1. The van der Waals surface area contributed by atoms with E-state index in [1.807, 2.05) is 30.4 Å². The molecule has 0 saturated heterocycles. The van der Waals surface area contributed by atoms with E-state index in [2.05, 4.69) is 26.0 Å². The van der Waals surface area contributed by atoms with Crippen LogP contribution in [0.25, 0.3) is 0 Å². The second-order valence-electron chi connectivity index (χ2n) is 4.13. The maximum absolute atomic E-state index is 9.86. The second kappa shape index (κ2) is 8.48. The lowest BCUT2D eigenvalue weighted by Crippen LogP contribution is -2.28. The molecule has 0 aliphatic carbocycles. The molecule has 1 unspecified atom stereocenters. The molecular formula is C13H26OS2. The molecule has 0 aliphatic rings. The Morgan fingerprint density at radius 3 is 2.25 bits per heavy atom. The van der Waals surface area contributed by atoms with Crippen LogP contribution in [0.2, 0.25) is 0 Å². The number of unbranched alkanes of at least 4 members (excludes halogenated alkanes) is 1. The van der Waals surface area contributed by atoms with Crippen molar-refractivity contribution in [3.05, 3.63) is 12.2 Å². The highest BCUT2D eigenvalue weighted by molar-refractivity contribution is 8.17. The van der Waals surface area contributed by atoms with E-state index in [0.717, 1.165) is 19.3 Å². The van der Waals surface area contributed by atoms with E-state index in [4.69, 9.17) is 0 Å². The minimum Gasteiger partial charge on any atom is -0.393 e. The minimum atomic E-state index is -0.210.